The van der Waals surface area contributed by atoms with Gasteiger partial charge in [-0.15, -0.1) is 0 Å². The summed E-state index contributed by atoms with van der Waals surface area (Å²) < 4.78 is 10.9. The van der Waals surface area contributed by atoms with E-state index < -0.39 is 0 Å². The molecule has 0 fully saturated rings. The first-order valence-electron chi connectivity index (χ1n) is 7.02. The van der Waals surface area contributed by atoms with Gasteiger partial charge in [0.15, 0.2) is 5.43 Å². The second-order valence-corrected chi connectivity index (χ2v) is 5.12. The van der Waals surface area contributed by atoms with Crippen molar-refractivity contribution in [3.8, 4) is 5.75 Å². The predicted molar refractivity (Wildman–Crippen MR) is 89.1 cm³/mol. The minimum atomic E-state index is -0.0284. The van der Waals surface area contributed by atoms with Crippen molar-refractivity contribution in [2.24, 2.45) is 0 Å². The summed E-state index contributed by atoms with van der Waals surface area (Å²) in [6.07, 6.45) is 3.69. The van der Waals surface area contributed by atoms with Gasteiger partial charge in [-0.05, 0) is 42.8 Å². The average Bonchev–Trinajstić information content (AvgIpc) is 2.54. The molecule has 0 radical (unpaired) electrons. The molecule has 0 N–H and O–H groups in total. The third kappa shape index (κ3) is 2.93. The first-order valence-corrected chi connectivity index (χ1v) is 7.02. The highest BCUT2D eigenvalue weighted by Gasteiger charge is 2.03. The molecule has 0 bridgehead atoms. The lowest BCUT2D eigenvalue weighted by molar-refractivity contribution is 0.415. The highest BCUT2D eigenvalue weighted by atomic mass is 16.5. The Bertz CT molecular complexity index is 887. The van der Waals surface area contributed by atoms with E-state index in [0.717, 1.165) is 16.9 Å². The molecular weight excluding hydrogens is 276 g/mol. The minimum absolute atomic E-state index is 0.0284. The van der Waals surface area contributed by atoms with Gasteiger partial charge in [-0.25, -0.2) is 0 Å². The Kier molecular flexibility index (Phi) is 3.79. The third-order valence-corrected chi connectivity index (χ3v) is 3.46. The molecule has 22 heavy (non-hydrogen) atoms. The molecule has 0 aliphatic carbocycles. The van der Waals surface area contributed by atoms with Crippen LogP contribution in [0, 0.1) is 6.92 Å². The van der Waals surface area contributed by atoms with Crippen molar-refractivity contribution in [3.05, 3.63) is 75.6 Å². The zero-order chi connectivity index (χ0) is 15.5. The number of hydrogen-bond acceptors (Lipinski definition) is 3. The van der Waals surface area contributed by atoms with Gasteiger partial charge in [-0.3, -0.25) is 4.79 Å². The number of methoxy groups -OCH3 is 1. The Hall–Kier alpha value is -2.81. The highest BCUT2D eigenvalue weighted by molar-refractivity contribution is 5.79. The summed E-state index contributed by atoms with van der Waals surface area (Å²) in [5.74, 6) is 1.35. The molecule has 0 atom stereocenters. The van der Waals surface area contributed by atoms with E-state index in [1.54, 1.807) is 13.2 Å². The van der Waals surface area contributed by atoms with Gasteiger partial charge in [-0.2, -0.15) is 0 Å². The molecule has 0 aliphatic heterocycles. The van der Waals surface area contributed by atoms with Crippen molar-refractivity contribution in [3.63, 3.8) is 0 Å². The van der Waals surface area contributed by atoms with Crippen LogP contribution in [0.4, 0.5) is 0 Å². The van der Waals surface area contributed by atoms with Crippen molar-refractivity contribution in [2.45, 2.75) is 6.92 Å². The molecule has 110 valence electrons. The Morgan fingerprint density at radius 1 is 1.00 bits per heavy atom. The lowest BCUT2D eigenvalue weighted by Crippen LogP contribution is -2.00. The van der Waals surface area contributed by atoms with Gasteiger partial charge in [0.25, 0.3) is 0 Å². The van der Waals surface area contributed by atoms with Crippen LogP contribution in [0.15, 0.2) is 57.7 Å². The summed E-state index contributed by atoms with van der Waals surface area (Å²) in [6, 6.07) is 14.8. The van der Waals surface area contributed by atoms with E-state index in [0.29, 0.717) is 16.7 Å². The largest absolute Gasteiger partial charge is 0.497 e. The van der Waals surface area contributed by atoms with E-state index in [1.165, 1.54) is 6.07 Å². The van der Waals surface area contributed by atoms with Crippen LogP contribution in [0.1, 0.15) is 16.9 Å². The zero-order valence-corrected chi connectivity index (χ0v) is 12.5. The van der Waals surface area contributed by atoms with Crippen LogP contribution in [0.5, 0.6) is 5.75 Å². The van der Waals surface area contributed by atoms with E-state index in [4.69, 9.17) is 9.15 Å². The fourth-order valence-electron chi connectivity index (χ4n) is 2.26. The van der Waals surface area contributed by atoms with Crippen molar-refractivity contribution in [1.29, 1.82) is 0 Å². The molecule has 0 saturated carbocycles. The van der Waals surface area contributed by atoms with Crippen molar-refractivity contribution in [2.75, 3.05) is 7.11 Å². The molecule has 0 spiro atoms. The molecule has 3 aromatic rings. The summed E-state index contributed by atoms with van der Waals surface area (Å²) in [7, 11) is 1.64. The number of aryl methyl sites for hydroxylation is 1. The number of benzene rings is 2. The van der Waals surface area contributed by atoms with E-state index in [9.17, 15) is 4.79 Å². The van der Waals surface area contributed by atoms with Crippen LogP contribution in [0.2, 0.25) is 0 Å². The Morgan fingerprint density at radius 3 is 2.50 bits per heavy atom. The molecule has 3 nitrogen and oxygen atoms in total. The molecule has 1 heterocycles. The standard InChI is InChI=1S/C19H16O3/c1-13-3-10-19-17(11-13)18(20)12-16(22-19)9-6-14-4-7-15(21-2)8-5-14/h3-12H,1-2H3/b9-6+. The SMILES string of the molecule is COc1ccc(/C=C/c2cc(=O)c3cc(C)ccc3o2)cc1. The average molecular weight is 292 g/mol. The van der Waals surface area contributed by atoms with Crippen LogP contribution >= 0.6 is 0 Å². The maximum Gasteiger partial charge on any atom is 0.193 e. The van der Waals surface area contributed by atoms with E-state index in [2.05, 4.69) is 0 Å². The smallest absolute Gasteiger partial charge is 0.193 e. The lowest BCUT2D eigenvalue weighted by atomic mass is 10.1. The van der Waals surface area contributed by atoms with Crippen LogP contribution in [0.25, 0.3) is 23.1 Å². The second-order valence-electron chi connectivity index (χ2n) is 5.12. The third-order valence-electron chi connectivity index (χ3n) is 3.46. The van der Waals surface area contributed by atoms with Gasteiger partial charge >= 0.3 is 0 Å². The normalized spacial score (nSPS) is 11.2. The molecule has 0 saturated heterocycles. The summed E-state index contributed by atoms with van der Waals surface area (Å²) in [5, 5.41) is 0.613. The monoisotopic (exact) mass is 292 g/mol. The summed E-state index contributed by atoms with van der Waals surface area (Å²) in [6.45, 7) is 1.95. The Balaban J connectivity index is 1.94. The van der Waals surface area contributed by atoms with Crippen LogP contribution < -0.4 is 10.2 Å². The van der Waals surface area contributed by atoms with Crippen LogP contribution in [-0.2, 0) is 0 Å². The van der Waals surface area contributed by atoms with Crippen molar-refractivity contribution >= 4 is 23.1 Å². The molecule has 0 amide bonds. The first-order chi connectivity index (χ1) is 10.7. The fraction of sp³-hybridized carbons (Fsp3) is 0.105. The molecule has 0 aliphatic rings. The molecule has 0 unspecified atom stereocenters. The van der Waals surface area contributed by atoms with E-state index in [1.807, 2.05) is 55.5 Å². The van der Waals surface area contributed by atoms with Gasteiger partial charge in [0.1, 0.15) is 17.1 Å². The van der Waals surface area contributed by atoms with Crippen LogP contribution in [-0.4, -0.2) is 7.11 Å². The number of hydrogen-bond donors (Lipinski definition) is 0. The molecular formula is C19H16O3. The Morgan fingerprint density at radius 2 is 1.77 bits per heavy atom. The van der Waals surface area contributed by atoms with Gasteiger partial charge in [-0.1, -0.05) is 29.8 Å². The number of ether oxygens (including phenoxy) is 1. The first kappa shape index (κ1) is 14.1. The summed E-state index contributed by atoms with van der Waals surface area (Å²) in [4.78, 5) is 12.1. The van der Waals surface area contributed by atoms with Gasteiger partial charge in [0.2, 0.25) is 0 Å². The minimum Gasteiger partial charge on any atom is -0.497 e. The summed E-state index contributed by atoms with van der Waals surface area (Å²) in [5.41, 5.74) is 2.63. The molecule has 3 rings (SSSR count). The zero-order valence-electron chi connectivity index (χ0n) is 12.5. The van der Waals surface area contributed by atoms with Gasteiger partial charge in [0, 0.05) is 6.07 Å². The number of rotatable bonds is 3. The fourth-order valence-corrected chi connectivity index (χ4v) is 2.26. The van der Waals surface area contributed by atoms with E-state index >= 15 is 0 Å². The van der Waals surface area contributed by atoms with Crippen molar-refractivity contribution in [1.82, 2.24) is 0 Å². The summed E-state index contributed by atoms with van der Waals surface area (Å²) >= 11 is 0. The molecule has 2 aromatic carbocycles. The predicted octanol–water partition coefficient (Wildman–Crippen LogP) is 4.28. The highest BCUT2D eigenvalue weighted by Crippen LogP contribution is 2.17. The second kappa shape index (κ2) is 5.90. The van der Waals surface area contributed by atoms with Gasteiger partial charge in [0.05, 0.1) is 12.5 Å². The molecule has 3 heteroatoms. The maximum atomic E-state index is 12.1. The Labute approximate surface area is 128 Å². The molecule has 1 aromatic heterocycles. The van der Waals surface area contributed by atoms with Gasteiger partial charge < -0.3 is 9.15 Å². The van der Waals surface area contributed by atoms with Crippen molar-refractivity contribution < 1.29 is 9.15 Å². The maximum absolute atomic E-state index is 12.1. The lowest BCUT2D eigenvalue weighted by Gasteiger charge is -2.01. The topological polar surface area (TPSA) is 39.4 Å². The number of fused-ring (bicyclic) bond motifs is 1. The quantitative estimate of drug-likeness (QED) is 0.723. The van der Waals surface area contributed by atoms with E-state index in [-0.39, 0.29) is 5.43 Å². The van der Waals surface area contributed by atoms with Crippen LogP contribution in [0.3, 0.4) is 0 Å².